The average Bonchev–Trinajstić information content (AvgIpc) is 2.82. The summed E-state index contributed by atoms with van der Waals surface area (Å²) in [4.78, 5) is 30.0. The second-order valence-electron chi connectivity index (χ2n) is 8.87. The smallest absolute Gasteiger partial charge is 0.261 e. The summed E-state index contributed by atoms with van der Waals surface area (Å²) in [5.41, 5.74) is 2.63. The van der Waals surface area contributed by atoms with Crippen molar-refractivity contribution in [2.75, 3.05) is 26.2 Å². The van der Waals surface area contributed by atoms with Gasteiger partial charge in [0.25, 0.3) is 11.8 Å². The third-order valence-corrected chi connectivity index (χ3v) is 7.06. The number of hydrogen-bond donors (Lipinski definition) is 0. The van der Waals surface area contributed by atoms with Crippen LogP contribution in [0.4, 0.5) is 0 Å². The van der Waals surface area contributed by atoms with Gasteiger partial charge in [0.2, 0.25) is 0 Å². The minimum absolute atomic E-state index is 0.167. The molecule has 1 unspecified atom stereocenters. The summed E-state index contributed by atoms with van der Waals surface area (Å²) in [6.45, 7) is 3.63. The number of hydrogen-bond acceptors (Lipinski definition) is 3. The van der Waals surface area contributed by atoms with E-state index in [1.165, 1.54) is 23.3 Å². The Balaban J connectivity index is 1.18. The van der Waals surface area contributed by atoms with Gasteiger partial charge in [0.1, 0.15) is 0 Å². The van der Waals surface area contributed by atoms with Crippen molar-refractivity contribution in [3.63, 3.8) is 0 Å². The molecule has 3 aromatic carbocycles. The van der Waals surface area contributed by atoms with Crippen molar-refractivity contribution >= 4 is 34.2 Å². The number of carbonyl (C=O) groups is 2. The Hall–Kier alpha value is -2.69. The van der Waals surface area contributed by atoms with Crippen molar-refractivity contribution in [3.05, 3.63) is 82.4 Å². The number of likely N-dealkylation sites (tertiary alicyclic amines) is 1. The van der Waals surface area contributed by atoms with Gasteiger partial charge in [-0.05, 0) is 79.9 Å². The normalized spacial score (nSPS) is 19.0. The number of unbranched alkanes of at least 4 members (excludes halogenated alkanes) is 1. The van der Waals surface area contributed by atoms with E-state index in [2.05, 4.69) is 17.0 Å². The van der Waals surface area contributed by atoms with E-state index in [-0.39, 0.29) is 11.8 Å². The minimum atomic E-state index is -0.167. The third-order valence-electron chi connectivity index (χ3n) is 6.81. The van der Waals surface area contributed by atoms with E-state index in [9.17, 15) is 9.59 Å². The van der Waals surface area contributed by atoms with Crippen LogP contribution in [0.3, 0.4) is 0 Å². The van der Waals surface area contributed by atoms with Crippen LogP contribution < -0.4 is 0 Å². The Morgan fingerprint density at radius 2 is 1.50 bits per heavy atom. The van der Waals surface area contributed by atoms with Gasteiger partial charge < -0.3 is 4.90 Å². The molecule has 0 aliphatic carbocycles. The van der Waals surface area contributed by atoms with Crippen molar-refractivity contribution in [1.82, 2.24) is 9.80 Å². The molecular weight excluding hydrogens is 420 g/mol. The van der Waals surface area contributed by atoms with Gasteiger partial charge in [0, 0.05) is 34.6 Å². The average molecular weight is 447 g/mol. The summed E-state index contributed by atoms with van der Waals surface area (Å²) >= 11 is 6.04. The van der Waals surface area contributed by atoms with Gasteiger partial charge in [0.15, 0.2) is 0 Å². The van der Waals surface area contributed by atoms with Gasteiger partial charge in [-0.1, -0.05) is 48.0 Å². The summed E-state index contributed by atoms with van der Waals surface area (Å²) in [6, 6.07) is 19.6. The molecule has 1 atom stereocenters. The third kappa shape index (κ3) is 4.05. The molecule has 1 fully saturated rings. The number of rotatable bonds is 6. The zero-order valence-electron chi connectivity index (χ0n) is 18.1. The van der Waals surface area contributed by atoms with Crippen molar-refractivity contribution in [2.45, 2.75) is 31.6 Å². The van der Waals surface area contributed by atoms with Crippen LogP contribution in [0.1, 0.15) is 57.9 Å². The van der Waals surface area contributed by atoms with E-state index < -0.39 is 0 Å². The fourth-order valence-corrected chi connectivity index (χ4v) is 5.28. The summed E-state index contributed by atoms with van der Waals surface area (Å²) in [7, 11) is 0. The molecule has 0 spiro atoms. The lowest BCUT2D eigenvalue weighted by molar-refractivity contribution is 0.0606. The maximum absolute atomic E-state index is 13.0. The Morgan fingerprint density at radius 1 is 0.844 bits per heavy atom. The highest BCUT2D eigenvalue weighted by atomic mass is 35.5. The van der Waals surface area contributed by atoms with Gasteiger partial charge in [0.05, 0.1) is 0 Å². The second-order valence-corrected chi connectivity index (χ2v) is 9.31. The number of nitrogens with zero attached hydrogens (tertiary/aromatic N) is 2. The first-order chi connectivity index (χ1) is 15.6. The number of amides is 2. The lowest BCUT2D eigenvalue weighted by Gasteiger charge is -2.33. The van der Waals surface area contributed by atoms with Crippen molar-refractivity contribution < 1.29 is 9.59 Å². The molecule has 3 aromatic rings. The molecule has 2 aliphatic heterocycles. The van der Waals surface area contributed by atoms with Crippen LogP contribution in [-0.2, 0) is 0 Å². The van der Waals surface area contributed by atoms with E-state index >= 15 is 0 Å². The molecule has 5 heteroatoms. The molecule has 0 N–H and O–H groups in total. The van der Waals surface area contributed by atoms with Crippen molar-refractivity contribution in [3.8, 4) is 0 Å². The standard InChI is InChI=1S/C27H27ClN2O2/c28-22-13-11-19(12-14-22)21-8-5-16-29(18-21)15-1-2-17-30-26(31)23-9-3-6-20-7-4-10-24(25(20)23)27(30)32/h3-4,6-7,9-14,21H,1-2,5,8,15-18H2. The van der Waals surface area contributed by atoms with E-state index in [1.54, 1.807) is 0 Å². The fourth-order valence-electron chi connectivity index (χ4n) is 5.15. The number of carbonyl (C=O) groups excluding carboxylic acids is 2. The van der Waals surface area contributed by atoms with Crippen LogP contribution in [-0.4, -0.2) is 47.8 Å². The van der Waals surface area contributed by atoms with E-state index in [4.69, 9.17) is 11.6 Å². The zero-order valence-corrected chi connectivity index (χ0v) is 18.9. The lowest BCUT2D eigenvalue weighted by Crippen LogP contribution is -2.41. The molecule has 0 saturated carbocycles. The minimum Gasteiger partial charge on any atom is -0.303 e. The first-order valence-corrected chi connectivity index (χ1v) is 11.9. The van der Waals surface area contributed by atoms with E-state index in [0.717, 1.165) is 48.3 Å². The van der Waals surface area contributed by atoms with Gasteiger partial charge in [-0.15, -0.1) is 0 Å². The topological polar surface area (TPSA) is 40.6 Å². The predicted molar refractivity (Wildman–Crippen MR) is 128 cm³/mol. The monoisotopic (exact) mass is 446 g/mol. The number of halogens is 1. The molecule has 0 bridgehead atoms. The maximum Gasteiger partial charge on any atom is 0.261 e. The van der Waals surface area contributed by atoms with Crippen LogP contribution >= 0.6 is 11.6 Å². The molecule has 2 amide bonds. The zero-order chi connectivity index (χ0) is 22.1. The lowest BCUT2D eigenvalue weighted by atomic mass is 9.90. The summed E-state index contributed by atoms with van der Waals surface area (Å²) in [5.74, 6) is 0.211. The van der Waals surface area contributed by atoms with E-state index in [1.807, 2.05) is 48.5 Å². The number of imide groups is 1. The molecule has 1 saturated heterocycles. The Morgan fingerprint density at radius 3 is 2.19 bits per heavy atom. The highest BCUT2D eigenvalue weighted by Crippen LogP contribution is 2.30. The second kappa shape index (κ2) is 9.05. The molecule has 4 nitrogen and oxygen atoms in total. The van der Waals surface area contributed by atoms with Crippen LogP contribution in [0.5, 0.6) is 0 Å². The first kappa shape index (κ1) is 21.2. The predicted octanol–water partition coefficient (Wildman–Crippen LogP) is 5.75. The van der Waals surface area contributed by atoms with E-state index in [0.29, 0.717) is 23.6 Å². The quantitative estimate of drug-likeness (QED) is 0.357. The Kier molecular flexibility index (Phi) is 5.99. The van der Waals surface area contributed by atoms with Crippen molar-refractivity contribution in [1.29, 1.82) is 0 Å². The highest BCUT2D eigenvalue weighted by Gasteiger charge is 2.32. The SMILES string of the molecule is O=C1c2cccc3cccc(c23)C(=O)N1CCCCN1CCCC(c2ccc(Cl)cc2)C1. The molecule has 164 valence electrons. The largest absolute Gasteiger partial charge is 0.303 e. The summed E-state index contributed by atoms with van der Waals surface area (Å²) in [6.07, 6.45) is 4.19. The van der Waals surface area contributed by atoms with Crippen LogP contribution in [0.2, 0.25) is 5.02 Å². The van der Waals surface area contributed by atoms with Gasteiger partial charge in [-0.3, -0.25) is 14.5 Å². The van der Waals surface area contributed by atoms with Crippen molar-refractivity contribution in [2.24, 2.45) is 0 Å². The van der Waals surface area contributed by atoms with Crippen LogP contribution in [0, 0.1) is 0 Å². The van der Waals surface area contributed by atoms with Gasteiger partial charge in [-0.25, -0.2) is 0 Å². The molecule has 2 aliphatic rings. The highest BCUT2D eigenvalue weighted by molar-refractivity contribution is 6.30. The molecular formula is C27H27ClN2O2. The molecule has 0 aromatic heterocycles. The van der Waals surface area contributed by atoms with Gasteiger partial charge in [-0.2, -0.15) is 0 Å². The van der Waals surface area contributed by atoms with Crippen LogP contribution in [0.15, 0.2) is 60.7 Å². The molecule has 0 radical (unpaired) electrons. The first-order valence-electron chi connectivity index (χ1n) is 11.5. The Labute approximate surface area is 193 Å². The fraction of sp³-hybridized carbons (Fsp3) is 0.333. The summed E-state index contributed by atoms with van der Waals surface area (Å²) in [5, 5.41) is 2.52. The number of piperidine rings is 1. The van der Waals surface area contributed by atoms with Crippen LogP contribution in [0.25, 0.3) is 10.8 Å². The molecule has 2 heterocycles. The molecule has 32 heavy (non-hydrogen) atoms. The van der Waals surface area contributed by atoms with Gasteiger partial charge >= 0.3 is 0 Å². The maximum atomic E-state index is 13.0. The molecule has 5 rings (SSSR count). The number of benzene rings is 3. The summed E-state index contributed by atoms with van der Waals surface area (Å²) < 4.78 is 0. The Bertz CT molecular complexity index is 1110.